The zero-order valence-electron chi connectivity index (χ0n) is 15.2. The van der Waals surface area contributed by atoms with Crippen molar-refractivity contribution < 1.29 is 17.6 Å². The number of aryl methyl sites for hydroxylation is 1. The molecule has 3 heterocycles. The van der Waals surface area contributed by atoms with Crippen LogP contribution in [-0.2, 0) is 10.2 Å². The monoisotopic (exact) mass is 421 g/mol. The lowest BCUT2D eigenvalue weighted by Crippen LogP contribution is -2.32. The first-order valence-corrected chi connectivity index (χ1v) is 10.4. The SMILES string of the molecule is Cc1nc(-n2cccc2)sc1C(=O)Nc1cc2c(cc1F)N(C)S(=O)(=O)N2C. The van der Waals surface area contributed by atoms with Gasteiger partial charge < -0.3 is 9.88 Å². The number of fused-ring (bicyclic) bond motifs is 1. The van der Waals surface area contributed by atoms with E-state index in [-0.39, 0.29) is 17.1 Å². The van der Waals surface area contributed by atoms with Crippen molar-refractivity contribution in [2.75, 3.05) is 28.0 Å². The Hall–Kier alpha value is -2.92. The van der Waals surface area contributed by atoms with Crippen molar-refractivity contribution >= 4 is 44.5 Å². The molecule has 11 heteroatoms. The standard InChI is InChI=1S/C17H16FN5O3S2/c1-10-15(27-17(19-10)23-6-4-5-7-23)16(24)20-12-9-14-13(8-11(12)18)21(2)28(25,26)22(14)3/h4-9H,1-3H3,(H,20,24). The number of thiazole rings is 1. The van der Waals surface area contributed by atoms with Crippen LogP contribution in [0.1, 0.15) is 15.4 Å². The summed E-state index contributed by atoms with van der Waals surface area (Å²) in [5.74, 6) is -1.23. The number of benzene rings is 1. The maximum Gasteiger partial charge on any atom is 0.326 e. The molecule has 146 valence electrons. The number of nitrogens with zero attached hydrogens (tertiary/aromatic N) is 4. The van der Waals surface area contributed by atoms with Gasteiger partial charge in [0.2, 0.25) is 0 Å². The van der Waals surface area contributed by atoms with E-state index in [0.29, 0.717) is 15.7 Å². The number of anilines is 3. The molecule has 28 heavy (non-hydrogen) atoms. The molecule has 0 radical (unpaired) electrons. The van der Waals surface area contributed by atoms with E-state index in [1.165, 1.54) is 31.5 Å². The summed E-state index contributed by atoms with van der Waals surface area (Å²) >= 11 is 1.18. The Morgan fingerprint density at radius 2 is 1.75 bits per heavy atom. The van der Waals surface area contributed by atoms with Gasteiger partial charge in [0, 0.05) is 32.6 Å². The summed E-state index contributed by atoms with van der Waals surface area (Å²) < 4.78 is 42.8. The van der Waals surface area contributed by atoms with E-state index < -0.39 is 21.9 Å². The van der Waals surface area contributed by atoms with Crippen LogP contribution < -0.4 is 13.9 Å². The van der Waals surface area contributed by atoms with Gasteiger partial charge in [0.15, 0.2) is 5.13 Å². The van der Waals surface area contributed by atoms with E-state index in [0.717, 1.165) is 14.7 Å². The van der Waals surface area contributed by atoms with Crippen LogP contribution in [-0.4, -0.2) is 38.0 Å². The number of aromatic nitrogens is 2. The summed E-state index contributed by atoms with van der Waals surface area (Å²) in [5.41, 5.74) is 0.915. The molecule has 1 aromatic carbocycles. The molecule has 3 aromatic rings. The van der Waals surface area contributed by atoms with Gasteiger partial charge in [0.1, 0.15) is 10.7 Å². The summed E-state index contributed by atoms with van der Waals surface area (Å²) in [6, 6.07) is 6.10. The van der Waals surface area contributed by atoms with Gasteiger partial charge in [0.25, 0.3) is 5.91 Å². The lowest BCUT2D eigenvalue weighted by atomic mass is 10.2. The minimum atomic E-state index is -3.73. The number of nitrogens with one attached hydrogen (secondary N) is 1. The summed E-state index contributed by atoms with van der Waals surface area (Å²) in [4.78, 5) is 17.4. The van der Waals surface area contributed by atoms with E-state index >= 15 is 0 Å². The molecule has 0 fully saturated rings. The predicted molar refractivity (Wildman–Crippen MR) is 106 cm³/mol. The minimum absolute atomic E-state index is 0.101. The molecule has 0 spiro atoms. The van der Waals surface area contributed by atoms with Gasteiger partial charge in [-0.05, 0) is 25.1 Å². The molecule has 0 bridgehead atoms. The summed E-state index contributed by atoms with van der Waals surface area (Å²) in [6.45, 7) is 1.70. The fourth-order valence-corrected chi connectivity index (χ4v) is 5.01. The average Bonchev–Trinajstić information content (AvgIpc) is 3.33. The third-order valence-corrected chi connectivity index (χ3v) is 7.45. The summed E-state index contributed by atoms with van der Waals surface area (Å²) in [6.07, 6.45) is 3.62. The largest absolute Gasteiger partial charge is 0.326 e. The van der Waals surface area contributed by atoms with Crippen LogP contribution in [0.2, 0.25) is 0 Å². The Morgan fingerprint density at radius 3 is 2.39 bits per heavy atom. The number of carbonyl (C=O) groups is 1. The van der Waals surface area contributed by atoms with E-state index in [4.69, 9.17) is 0 Å². The zero-order chi connectivity index (χ0) is 20.2. The zero-order valence-corrected chi connectivity index (χ0v) is 16.8. The third kappa shape index (κ3) is 2.74. The van der Waals surface area contributed by atoms with E-state index in [1.54, 1.807) is 11.5 Å². The fraction of sp³-hybridized carbons (Fsp3) is 0.176. The van der Waals surface area contributed by atoms with Crippen molar-refractivity contribution in [3.8, 4) is 5.13 Å². The molecule has 0 aliphatic carbocycles. The molecule has 1 amide bonds. The molecule has 8 nitrogen and oxygen atoms in total. The van der Waals surface area contributed by atoms with Crippen LogP contribution >= 0.6 is 11.3 Å². The minimum Gasteiger partial charge on any atom is -0.319 e. The molecule has 0 unspecified atom stereocenters. The van der Waals surface area contributed by atoms with Gasteiger partial charge in [-0.2, -0.15) is 8.42 Å². The number of carbonyl (C=O) groups excluding carboxylic acids is 1. The highest BCUT2D eigenvalue weighted by atomic mass is 32.2. The lowest BCUT2D eigenvalue weighted by molar-refractivity contribution is 0.102. The van der Waals surface area contributed by atoms with Gasteiger partial charge in [-0.3, -0.25) is 13.4 Å². The summed E-state index contributed by atoms with van der Waals surface area (Å²) in [7, 11) is -1.01. The second kappa shape index (κ2) is 6.31. The smallest absolute Gasteiger partial charge is 0.319 e. The highest BCUT2D eigenvalue weighted by molar-refractivity contribution is 7.94. The first-order chi connectivity index (χ1) is 13.2. The highest BCUT2D eigenvalue weighted by Gasteiger charge is 2.36. The van der Waals surface area contributed by atoms with Gasteiger partial charge in [0.05, 0.1) is 22.8 Å². The van der Waals surface area contributed by atoms with Gasteiger partial charge in [-0.15, -0.1) is 0 Å². The van der Waals surface area contributed by atoms with Crippen LogP contribution in [0.3, 0.4) is 0 Å². The van der Waals surface area contributed by atoms with E-state index in [9.17, 15) is 17.6 Å². The van der Waals surface area contributed by atoms with Gasteiger partial charge in [-0.25, -0.2) is 9.37 Å². The van der Waals surface area contributed by atoms with E-state index in [1.807, 2.05) is 24.5 Å². The predicted octanol–water partition coefficient (Wildman–Crippen LogP) is 2.76. The van der Waals surface area contributed by atoms with E-state index in [2.05, 4.69) is 10.3 Å². The maximum atomic E-state index is 14.5. The van der Waals surface area contributed by atoms with Gasteiger partial charge in [-0.1, -0.05) is 11.3 Å². The second-order valence-electron chi connectivity index (χ2n) is 6.22. The molecule has 0 saturated carbocycles. The third-order valence-electron chi connectivity index (χ3n) is 4.50. The van der Waals surface area contributed by atoms with Crippen molar-refractivity contribution in [2.45, 2.75) is 6.92 Å². The fourth-order valence-electron chi connectivity index (χ4n) is 2.93. The van der Waals surface area contributed by atoms with Crippen LogP contribution in [0.4, 0.5) is 21.5 Å². The van der Waals surface area contributed by atoms with Crippen molar-refractivity contribution in [1.29, 1.82) is 0 Å². The van der Waals surface area contributed by atoms with Gasteiger partial charge >= 0.3 is 10.2 Å². The second-order valence-corrected chi connectivity index (χ2v) is 9.19. The van der Waals surface area contributed by atoms with Crippen molar-refractivity contribution in [1.82, 2.24) is 9.55 Å². The normalized spacial score (nSPS) is 15.0. The van der Waals surface area contributed by atoms with Crippen LogP contribution in [0.15, 0.2) is 36.7 Å². The number of hydrogen-bond acceptors (Lipinski definition) is 5. The highest BCUT2D eigenvalue weighted by Crippen LogP contribution is 2.41. The maximum absolute atomic E-state index is 14.5. The molecular formula is C17H16FN5O3S2. The Bertz CT molecular complexity index is 1190. The number of hydrogen-bond donors (Lipinski definition) is 1. The van der Waals surface area contributed by atoms with Crippen molar-refractivity contribution in [2.24, 2.45) is 0 Å². The number of rotatable bonds is 3. The molecule has 1 aliphatic heterocycles. The molecule has 2 aromatic heterocycles. The Morgan fingerprint density at radius 1 is 1.14 bits per heavy atom. The van der Waals surface area contributed by atoms with Crippen LogP contribution in [0, 0.1) is 12.7 Å². The van der Waals surface area contributed by atoms with Crippen LogP contribution in [0.5, 0.6) is 0 Å². The molecule has 1 N–H and O–H groups in total. The Labute approximate surface area is 165 Å². The Kier molecular flexibility index (Phi) is 4.16. The summed E-state index contributed by atoms with van der Waals surface area (Å²) in [5, 5.41) is 3.15. The molecule has 1 aliphatic rings. The van der Waals surface area contributed by atoms with Crippen molar-refractivity contribution in [3.05, 3.63) is 53.0 Å². The number of amides is 1. The number of halogens is 1. The van der Waals surface area contributed by atoms with Crippen LogP contribution in [0.25, 0.3) is 5.13 Å². The molecule has 0 saturated heterocycles. The first-order valence-electron chi connectivity index (χ1n) is 8.18. The Balaban J connectivity index is 1.66. The molecular weight excluding hydrogens is 405 g/mol. The quantitative estimate of drug-likeness (QED) is 0.705. The molecule has 4 rings (SSSR count). The first kappa shape index (κ1) is 18.4. The topological polar surface area (TPSA) is 87.5 Å². The molecule has 0 atom stereocenters. The average molecular weight is 421 g/mol. The lowest BCUT2D eigenvalue weighted by Gasteiger charge is -2.13. The van der Waals surface area contributed by atoms with Crippen molar-refractivity contribution in [3.63, 3.8) is 0 Å².